The molecule has 0 saturated carbocycles. The summed E-state index contributed by atoms with van der Waals surface area (Å²) in [7, 11) is 1.97. The Morgan fingerprint density at radius 1 is 1.17 bits per heavy atom. The highest BCUT2D eigenvalue weighted by molar-refractivity contribution is 5.92. The van der Waals surface area contributed by atoms with Crippen molar-refractivity contribution < 1.29 is 14.3 Å². The molecule has 0 unspecified atom stereocenters. The predicted molar refractivity (Wildman–Crippen MR) is 88.5 cm³/mol. The summed E-state index contributed by atoms with van der Waals surface area (Å²) in [6.45, 7) is 2.64. The van der Waals surface area contributed by atoms with Crippen LogP contribution < -0.4 is 10.6 Å². The summed E-state index contributed by atoms with van der Waals surface area (Å²) in [5.74, 6) is -0.369. The summed E-state index contributed by atoms with van der Waals surface area (Å²) in [6.07, 6.45) is 2.74. The number of ether oxygens (including phenoxy) is 1. The van der Waals surface area contributed by atoms with Gasteiger partial charge in [0, 0.05) is 37.6 Å². The van der Waals surface area contributed by atoms with Crippen LogP contribution in [0, 0.1) is 0 Å². The molecule has 122 valence electrons. The number of carbonyl (C=O) groups is 2. The van der Waals surface area contributed by atoms with Gasteiger partial charge in [-0.2, -0.15) is 0 Å². The number of aromatic nitrogens is 1. The number of aryl methyl sites for hydroxylation is 1. The third kappa shape index (κ3) is 4.88. The van der Waals surface area contributed by atoms with Crippen LogP contribution in [0.2, 0.25) is 0 Å². The second kappa shape index (κ2) is 8.03. The molecule has 0 aliphatic rings. The first-order chi connectivity index (χ1) is 11.1. The Labute approximate surface area is 135 Å². The molecule has 6 nitrogen and oxygen atoms in total. The van der Waals surface area contributed by atoms with E-state index in [-0.39, 0.29) is 12.0 Å². The maximum Gasteiger partial charge on any atom is 0.338 e. The van der Waals surface area contributed by atoms with E-state index in [0.717, 1.165) is 12.1 Å². The lowest BCUT2D eigenvalue weighted by Crippen LogP contribution is -2.30. The van der Waals surface area contributed by atoms with E-state index in [1.807, 2.05) is 29.9 Å². The summed E-state index contributed by atoms with van der Waals surface area (Å²) in [4.78, 5) is 23.4. The van der Waals surface area contributed by atoms with Gasteiger partial charge in [0.25, 0.3) is 0 Å². The van der Waals surface area contributed by atoms with Crippen molar-refractivity contribution in [3.63, 3.8) is 0 Å². The van der Waals surface area contributed by atoms with Gasteiger partial charge in [-0.25, -0.2) is 9.59 Å². The molecule has 0 radical (unpaired) electrons. The molecule has 0 aliphatic carbocycles. The zero-order chi connectivity index (χ0) is 16.7. The number of hydrogen-bond donors (Lipinski definition) is 2. The highest BCUT2D eigenvalue weighted by atomic mass is 16.5. The lowest BCUT2D eigenvalue weighted by Gasteiger charge is -2.09. The lowest BCUT2D eigenvalue weighted by atomic mass is 10.2. The van der Waals surface area contributed by atoms with Gasteiger partial charge in [-0.1, -0.05) is 0 Å². The Bertz CT molecular complexity index is 662. The quantitative estimate of drug-likeness (QED) is 0.805. The fourth-order valence-corrected chi connectivity index (χ4v) is 2.14. The summed E-state index contributed by atoms with van der Waals surface area (Å²) >= 11 is 0. The Kier molecular flexibility index (Phi) is 5.80. The highest BCUT2D eigenvalue weighted by Gasteiger charge is 2.07. The van der Waals surface area contributed by atoms with Crippen LogP contribution in [0.1, 0.15) is 23.0 Å². The molecule has 6 heteroatoms. The molecule has 0 spiro atoms. The van der Waals surface area contributed by atoms with E-state index < -0.39 is 0 Å². The average Bonchev–Trinajstić information content (AvgIpc) is 2.93. The molecule has 0 bridgehead atoms. The van der Waals surface area contributed by atoms with Crippen molar-refractivity contribution in [3.8, 4) is 0 Å². The van der Waals surface area contributed by atoms with Gasteiger partial charge < -0.3 is 19.9 Å². The molecule has 23 heavy (non-hydrogen) atoms. The molecule has 0 atom stereocenters. The molecular formula is C17H21N3O3. The van der Waals surface area contributed by atoms with Gasteiger partial charge in [0.05, 0.1) is 12.2 Å². The van der Waals surface area contributed by atoms with E-state index in [9.17, 15) is 9.59 Å². The molecule has 2 rings (SSSR count). The fraction of sp³-hybridized carbons (Fsp3) is 0.294. The molecule has 1 aromatic carbocycles. The van der Waals surface area contributed by atoms with Crippen molar-refractivity contribution >= 4 is 17.7 Å². The molecule has 2 aromatic rings. The maximum absolute atomic E-state index is 11.8. The molecule has 0 aliphatic heterocycles. The summed E-state index contributed by atoms with van der Waals surface area (Å²) in [5.41, 5.74) is 2.24. The maximum atomic E-state index is 11.8. The standard InChI is InChI=1S/C17H21N3O3/c1-3-23-16(21)13-6-8-14(9-7-13)19-17(22)18-11-10-15-5-4-12-20(15)2/h4-9,12H,3,10-11H2,1-2H3,(H2,18,19,22). The number of nitrogens with zero attached hydrogens (tertiary/aromatic N) is 1. The van der Waals surface area contributed by atoms with E-state index in [0.29, 0.717) is 24.4 Å². The van der Waals surface area contributed by atoms with Crippen molar-refractivity contribution in [1.82, 2.24) is 9.88 Å². The van der Waals surface area contributed by atoms with Gasteiger partial charge in [-0.3, -0.25) is 0 Å². The lowest BCUT2D eigenvalue weighted by molar-refractivity contribution is 0.0526. The van der Waals surface area contributed by atoms with E-state index in [1.165, 1.54) is 0 Å². The van der Waals surface area contributed by atoms with Crippen molar-refractivity contribution in [1.29, 1.82) is 0 Å². The second-order valence-electron chi connectivity index (χ2n) is 5.04. The largest absolute Gasteiger partial charge is 0.462 e. The number of amides is 2. The predicted octanol–water partition coefficient (Wildman–Crippen LogP) is 2.57. The highest BCUT2D eigenvalue weighted by Crippen LogP contribution is 2.10. The minimum Gasteiger partial charge on any atom is -0.462 e. The van der Waals surface area contributed by atoms with E-state index in [4.69, 9.17) is 4.74 Å². The average molecular weight is 315 g/mol. The van der Waals surface area contributed by atoms with Crippen molar-refractivity contribution in [2.24, 2.45) is 7.05 Å². The number of esters is 1. The number of anilines is 1. The number of nitrogens with one attached hydrogen (secondary N) is 2. The third-order valence-corrected chi connectivity index (χ3v) is 3.37. The van der Waals surface area contributed by atoms with Crippen LogP contribution in [0.5, 0.6) is 0 Å². The van der Waals surface area contributed by atoms with Crippen LogP contribution in [-0.4, -0.2) is 29.7 Å². The van der Waals surface area contributed by atoms with Crippen LogP contribution >= 0.6 is 0 Å². The monoisotopic (exact) mass is 315 g/mol. The van der Waals surface area contributed by atoms with Gasteiger partial charge in [0.1, 0.15) is 0 Å². The minimum absolute atomic E-state index is 0.275. The number of hydrogen-bond acceptors (Lipinski definition) is 3. The van der Waals surface area contributed by atoms with Gasteiger partial charge in [0.2, 0.25) is 0 Å². The Hall–Kier alpha value is -2.76. The molecule has 1 heterocycles. The zero-order valence-electron chi connectivity index (χ0n) is 13.3. The fourth-order valence-electron chi connectivity index (χ4n) is 2.14. The molecule has 0 saturated heterocycles. The smallest absolute Gasteiger partial charge is 0.338 e. The van der Waals surface area contributed by atoms with E-state index in [2.05, 4.69) is 10.6 Å². The van der Waals surface area contributed by atoms with E-state index in [1.54, 1.807) is 31.2 Å². The van der Waals surface area contributed by atoms with Crippen LogP contribution in [0.25, 0.3) is 0 Å². The zero-order valence-corrected chi connectivity index (χ0v) is 13.3. The van der Waals surface area contributed by atoms with Gasteiger partial charge in [-0.05, 0) is 43.3 Å². The summed E-state index contributed by atoms with van der Waals surface area (Å²) in [6, 6.07) is 10.3. The SMILES string of the molecule is CCOC(=O)c1ccc(NC(=O)NCCc2cccn2C)cc1. The third-order valence-electron chi connectivity index (χ3n) is 3.37. The molecule has 1 aromatic heterocycles. The first-order valence-corrected chi connectivity index (χ1v) is 7.52. The molecule has 0 fully saturated rings. The van der Waals surface area contributed by atoms with E-state index >= 15 is 0 Å². The first-order valence-electron chi connectivity index (χ1n) is 7.52. The number of carbonyl (C=O) groups excluding carboxylic acids is 2. The topological polar surface area (TPSA) is 72.4 Å². The second-order valence-corrected chi connectivity index (χ2v) is 5.04. The Morgan fingerprint density at radius 2 is 1.91 bits per heavy atom. The summed E-state index contributed by atoms with van der Waals surface area (Å²) < 4.78 is 6.93. The number of benzene rings is 1. The van der Waals surface area contributed by atoms with Crippen molar-refractivity contribution in [3.05, 3.63) is 53.9 Å². The van der Waals surface area contributed by atoms with Gasteiger partial charge in [-0.15, -0.1) is 0 Å². The first kappa shape index (κ1) is 16.6. The minimum atomic E-state index is -0.369. The normalized spacial score (nSPS) is 10.2. The summed E-state index contributed by atoms with van der Waals surface area (Å²) in [5, 5.41) is 5.53. The van der Waals surface area contributed by atoms with Crippen LogP contribution in [0.3, 0.4) is 0 Å². The number of rotatable bonds is 6. The van der Waals surface area contributed by atoms with Crippen LogP contribution in [0.15, 0.2) is 42.6 Å². The van der Waals surface area contributed by atoms with Crippen LogP contribution in [-0.2, 0) is 18.2 Å². The Morgan fingerprint density at radius 3 is 2.52 bits per heavy atom. The molecule has 2 amide bonds. The van der Waals surface area contributed by atoms with Gasteiger partial charge >= 0.3 is 12.0 Å². The number of urea groups is 1. The van der Waals surface area contributed by atoms with Crippen LogP contribution in [0.4, 0.5) is 10.5 Å². The van der Waals surface area contributed by atoms with Gasteiger partial charge in [0.15, 0.2) is 0 Å². The Balaban J connectivity index is 1.78. The van der Waals surface area contributed by atoms with Crippen molar-refractivity contribution in [2.75, 3.05) is 18.5 Å². The van der Waals surface area contributed by atoms with Crippen molar-refractivity contribution in [2.45, 2.75) is 13.3 Å². The molecular weight excluding hydrogens is 294 g/mol. The molecule has 2 N–H and O–H groups in total.